The van der Waals surface area contributed by atoms with Gasteiger partial charge in [-0.05, 0) is 59.7 Å². The summed E-state index contributed by atoms with van der Waals surface area (Å²) in [6, 6.07) is 19.0. The van der Waals surface area contributed by atoms with E-state index in [9.17, 15) is 19.2 Å². The van der Waals surface area contributed by atoms with Gasteiger partial charge in [0.15, 0.2) is 0 Å². The van der Waals surface area contributed by atoms with Crippen molar-refractivity contribution in [3.05, 3.63) is 94.0 Å². The number of carbonyl (C=O) groups is 4. The Morgan fingerprint density at radius 2 is 0.917 bits per heavy atom. The maximum absolute atomic E-state index is 12.6. The highest BCUT2D eigenvalue weighted by Gasteiger charge is 2.28. The monoisotopic (exact) mass is 476 g/mol. The van der Waals surface area contributed by atoms with Crippen molar-refractivity contribution in [2.75, 3.05) is 0 Å². The lowest BCUT2D eigenvalue weighted by atomic mass is 9.89. The maximum Gasteiger partial charge on any atom is 0.259 e. The third kappa shape index (κ3) is 3.57. The number of aryl methyl sites for hydroxylation is 2. The lowest BCUT2D eigenvalue weighted by molar-refractivity contribution is 0.0827. The van der Waals surface area contributed by atoms with Gasteiger partial charge in [-0.1, -0.05) is 61.4 Å². The summed E-state index contributed by atoms with van der Waals surface area (Å²) in [4.78, 5) is 49.8. The van der Waals surface area contributed by atoms with Crippen molar-refractivity contribution in [2.24, 2.45) is 0 Å². The van der Waals surface area contributed by atoms with E-state index in [0.717, 1.165) is 71.2 Å². The highest BCUT2D eigenvalue weighted by Crippen LogP contribution is 2.31. The smallest absolute Gasteiger partial charge is 0.259 e. The molecule has 2 aliphatic rings. The molecular formula is C30H24N2O4. The molecule has 0 saturated heterocycles. The average Bonchev–Trinajstić information content (AvgIpc) is 2.87. The van der Waals surface area contributed by atoms with Crippen molar-refractivity contribution >= 4 is 45.2 Å². The zero-order valence-corrected chi connectivity index (χ0v) is 19.6. The summed E-state index contributed by atoms with van der Waals surface area (Å²) in [7, 11) is 0. The van der Waals surface area contributed by atoms with Crippen LogP contribution in [0.15, 0.2) is 60.7 Å². The molecule has 0 atom stereocenters. The van der Waals surface area contributed by atoms with E-state index < -0.39 is 0 Å². The van der Waals surface area contributed by atoms with E-state index in [2.05, 4.69) is 10.6 Å². The molecule has 0 unspecified atom stereocenters. The first-order valence-electron chi connectivity index (χ1n) is 12.3. The van der Waals surface area contributed by atoms with Crippen molar-refractivity contribution in [2.45, 2.75) is 38.5 Å². The number of benzene rings is 4. The quantitative estimate of drug-likeness (QED) is 0.287. The van der Waals surface area contributed by atoms with Crippen LogP contribution in [0.4, 0.5) is 0 Å². The number of hydrogen-bond donors (Lipinski definition) is 2. The molecule has 4 aromatic rings. The van der Waals surface area contributed by atoms with Crippen molar-refractivity contribution in [1.29, 1.82) is 0 Å². The number of nitrogens with one attached hydrogen (secondary N) is 2. The zero-order valence-electron chi connectivity index (χ0n) is 19.6. The van der Waals surface area contributed by atoms with Crippen LogP contribution in [-0.4, -0.2) is 23.6 Å². The Morgan fingerprint density at radius 3 is 1.36 bits per heavy atom. The Morgan fingerprint density at radius 1 is 0.472 bits per heavy atom. The summed E-state index contributed by atoms with van der Waals surface area (Å²) >= 11 is 0. The maximum atomic E-state index is 12.6. The third-order valence-electron chi connectivity index (χ3n) is 7.30. The van der Waals surface area contributed by atoms with Gasteiger partial charge < -0.3 is 0 Å². The van der Waals surface area contributed by atoms with E-state index >= 15 is 0 Å². The topological polar surface area (TPSA) is 92.3 Å². The Labute approximate surface area is 207 Å². The first-order chi connectivity index (χ1) is 17.5. The van der Waals surface area contributed by atoms with E-state index in [1.54, 1.807) is 12.1 Å². The van der Waals surface area contributed by atoms with Gasteiger partial charge in [0, 0.05) is 21.9 Å². The first-order valence-corrected chi connectivity index (χ1v) is 12.3. The number of unbranched alkanes of at least 4 members (excludes halogenated alkanes) is 3. The minimum atomic E-state index is -0.340. The zero-order chi connectivity index (χ0) is 24.8. The molecule has 0 spiro atoms. The largest absolute Gasteiger partial charge is 0.288 e. The Bertz CT molecular complexity index is 1500. The molecular weight excluding hydrogens is 452 g/mol. The van der Waals surface area contributed by atoms with Crippen LogP contribution in [0.25, 0.3) is 21.5 Å². The Kier molecular flexibility index (Phi) is 5.37. The van der Waals surface area contributed by atoms with E-state index in [4.69, 9.17) is 0 Å². The fraction of sp³-hybridized carbons (Fsp3) is 0.200. The predicted octanol–water partition coefficient (Wildman–Crippen LogP) is 5.11. The van der Waals surface area contributed by atoms with Crippen molar-refractivity contribution in [3.8, 4) is 0 Å². The highest BCUT2D eigenvalue weighted by molar-refractivity contribution is 6.27. The van der Waals surface area contributed by atoms with Gasteiger partial charge in [0.25, 0.3) is 23.6 Å². The lowest BCUT2D eigenvalue weighted by Crippen LogP contribution is -2.35. The molecule has 6 rings (SSSR count). The van der Waals surface area contributed by atoms with Crippen LogP contribution in [-0.2, 0) is 12.8 Å². The van der Waals surface area contributed by atoms with Gasteiger partial charge in [-0.15, -0.1) is 0 Å². The van der Waals surface area contributed by atoms with Gasteiger partial charge in [0.1, 0.15) is 0 Å². The first kappa shape index (κ1) is 22.2. The lowest BCUT2D eigenvalue weighted by Gasteiger charge is -2.20. The van der Waals surface area contributed by atoms with Gasteiger partial charge in [0.2, 0.25) is 0 Å². The van der Waals surface area contributed by atoms with Crippen LogP contribution in [0.2, 0.25) is 0 Å². The van der Waals surface area contributed by atoms with E-state index in [0.29, 0.717) is 22.3 Å². The van der Waals surface area contributed by atoms with Crippen LogP contribution < -0.4 is 10.6 Å². The molecule has 2 N–H and O–H groups in total. The summed E-state index contributed by atoms with van der Waals surface area (Å²) in [5.41, 5.74) is 4.28. The molecule has 178 valence electrons. The molecule has 2 heterocycles. The fourth-order valence-corrected chi connectivity index (χ4v) is 5.61. The highest BCUT2D eigenvalue weighted by atomic mass is 16.2. The molecule has 0 radical (unpaired) electrons. The van der Waals surface area contributed by atoms with Crippen molar-refractivity contribution in [1.82, 2.24) is 10.6 Å². The van der Waals surface area contributed by atoms with Gasteiger partial charge in [-0.2, -0.15) is 0 Å². The van der Waals surface area contributed by atoms with Gasteiger partial charge in [0.05, 0.1) is 11.1 Å². The number of imide groups is 2. The minimum Gasteiger partial charge on any atom is -0.288 e. The second kappa shape index (κ2) is 8.72. The van der Waals surface area contributed by atoms with Crippen LogP contribution in [0.1, 0.15) is 78.2 Å². The molecule has 4 amide bonds. The molecule has 36 heavy (non-hydrogen) atoms. The molecule has 2 aliphatic heterocycles. The minimum absolute atomic E-state index is 0.319. The van der Waals surface area contributed by atoms with Gasteiger partial charge in [-0.3, -0.25) is 29.8 Å². The molecule has 6 nitrogen and oxygen atoms in total. The van der Waals surface area contributed by atoms with Crippen LogP contribution in [0.5, 0.6) is 0 Å². The van der Waals surface area contributed by atoms with Crippen LogP contribution in [0, 0.1) is 0 Å². The number of rotatable bonds is 7. The normalized spacial score (nSPS) is 14.3. The molecule has 0 saturated carbocycles. The Hall–Kier alpha value is -4.32. The molecule has 6 heteroatoms. The molecule has 0 fully saturated rings. The Balaban J connectivity index is 1.13. The SMILES string of the molecule is O=C1NC(=O)c2c(CCCCCCc3ccc4cccc5c4c3C(=O)NC5=O)ccc3cccc1c23. The number of hydrogen-bond acceptors (Lipinski definition) is 4. The van der Waals surface area contributed by atoms with E-state index in [-0.39, 0.29) is 23.6 Å². The summed E-state index contributed by atoms with van der Waals surface area (Å²) in [5.74, 6) is -1.32. The predicted molar refractivity (Wildman–Crippen MR) is 137 cm³/mol. The standard InChI is InChI=1S/C30H24N2O4/c33-27-21-11-5-9-17-13-15-19(25(23(17)21)29(35)31-27)7-3-1-2-4-8-20-16-14-18-10-6-12-22-24(18)26(20)30(36)32-28(22)34/h5-6,9-16H,1-4,7-8H2,(H,31,33,35)(H,32,34,36). The van der Waals surface area contributed by atoms with Crippen molar-refractivity contribution in [3.63, 3.8) is 0 Å². The molecule has 0 bridgehead atoms. The average molecular weight is 477 g/mol. The number of carbonyl (C=O) groups excluding carboxylic acids is 4. The summed E-state index contributed by atoms with van der Waals surface area (Å²) < 4.78 is 0. The second-order valence-electron chi connectivity index (χ2n) is 9.49. The molecule has 4 aromatic carbocycles. The summed E-state index contributed by atoms with van der Waals surface area (Å²) in [6.07, 6.45) is 5.33. The van der Waals surface area contributed by atoms with Crippen LogP contribution >= 0.6 is 0 Å². The van der Waals surface area contributed by atoms with Crippen LogP contribution in [0.3, 0.4) is 0 Å². The van der Waals surface area contributed by atoms with Gasteiger partial charge in [-0.25, -0.2) is 0 Å². The fourth-order valence-electron chi connectivity index (χ4n) is 5.61. The molecule has 0 aromatic heterocycles. The van der Waals surface area contributed by atoms with E-state index in [1.165, 1.54) is 0 Å². The molecule has 0 aliphatic carbocycles. The summed E-state index contributed by atoms with van der Waals surface area (Å²) in [5, 5.41) is 8.26. The summed E-state index contributed by atoms with van der Waals surface area (Å²) in [6.45, 7) is 0. The van der Waals surface area contributed by atoms with Crippen molar-refractivity contribution < 1.29 is 19.2 Å². The second-order valence-corrected chi connectivity index (χ2v) is 9.49. The van der Waals surface area contributed by atoms with Gasteiger partial charge >= 0.3 is 0 Å². The number of amides is 4. The third-order valence-corrected chi connectivity index (χ3v) is 7.30. The van der Waals surface area contributed by atoms with E-state index in [1.807, 2.05) is 48.5 Å².